The SMILES string of the molecule is C[C@@H](CC(=O)c1ccc2c(-c3ccccc3Cl)nn(-c3ccc(F)cc3)c2c1)c1cnc(C(F)(F)F)nc1. The Bertz CT molecular complexity index is 1630. The van der Waals surface area contributed by atoms with E-state index >= 15 is 0 Å². The van der Waals surface area contributed by atoms with E-state index in [2.05, 4.69) is 9.97 Å². The third-order valence-corrected chi connectivity index (χ3v) is 6.52. The van der Waals surface area contributed by atoms with Crippen LogP contribution in [-0.4, -0.2) is 25.5 Å². The summed E-state index contributed by atoms with van der Waals surface area (Å²) < 4.78 is 53.5. The van der Waals surface area contributed by atoms with Crippen molar-refractivity contribution in [3.05, 3.63) is 107 Å². The van der Waals surface area contributed by atoms with Gasteiger partial charge in [0.15, 0.2) is 5.78 Å². The summed E-state index contributed by atoms with van der Waals surface area (Å²) in [4.78, 5) is 20.0. The van der Waals surface area contributed by atoms with Crippen LogP contribution in [0.3, 0.4) is 0 Å². The topological polar surface area (TPSA) is 60.7 Å². The van der Waals surface area contributed by atoms with Gasteiger partial charge in [-0.2, -0.15) is 18.3 Å². The average Bonchev–Trinajstić information content (AvgIpc) is 3.27. The largest absolute Gasteiger partial charge is 0.451 e. The van der Waals surface area contributed by atoms with E-state index in [1.807, 2.05) is 18.2 Å². The highest BCUT2D eigenvalue weighted by Gasteiger charge is 2.34. The van der Waals surface area contributed by atoms with Crippen molar-refractivity contribution in [3.63, 3.8) is 0 Å². The first-order chi connectivity index (χ1) is 18.1. The summed E-state index contributed by atoms with van der Waals surface area (Å²) in [5.74, 6) is -2.26. The van der Waals surface area contributed by atoms with Crippen molar-refractivity contribution in [3.8, 4) is 16.9 Å². The lowest BCUT2D eigenvalue weighted by atomic mass is 9.94. The number of hydrogen-bond donors (Lipinski definition) is 0. The van der Waals surface area contributed by atoms with E-state index in [0.29, 0.717) is 38.6 Å². The third-order valence-electron chi connectivity index (χ3n) is 6.19. The average molecular weight is 539 g/mol. The molecule has 2 aromatic heterocycles. The van der Waals surface area contributed by atoms with Crippen LogP contribution >= 0.6 is 11.6 Å². The Balaban J connectivity index is 1.51. The number of benzene rings is 3. The Kier molecular flexibility index (Phi) is 6.71. The number of fused-ring (bicyclic) bond motifs is 1. The van der Waals surface area contributed by atoms with E-state index in [0.717, 1.165) is 17.8 Å². The lowest BCUT2D eigenvalue weighted by molar-refractivity contribution is -0.145. The van der Waals surface area contributed by atoms with Crippen LogP contribution in [0.15, 0.2) is 79.1 Å². The Morgan fingerprint density at radius 2 is 1.68 bits per heavy atom. The molecule has 5 nitrogen and oxygen atoms in total. The summed E-state index contributed by atoms with van der Waals surface area (Å²) in [6, 6.07) is 18.2. The standard InChI is InChI=1S/C28H19ClF4N4O/c1-16(18-14-34-27(35-15-18)28(31,32)33)12-25(38)17-6-11-22-24(13-17)37(20-9-7-19(30)8-10-20)36-26(22)21-4-2-3-5-23(21)29/h2-11,13-16H,12H2,1H3/t16-/m0/s1. The highest BCUT2D eigenvalue weighted by molar-refractivity contribution is 6.33. The van der Waals surface area contributed by atoms with Crippen LogP contribution in [0.1, 0.15) is 41.0 Å². The van der Waals surface area contributed by atoms with Gasteiger partial charge in [-0.05, 0) is 53.9 Å². The van der Waals surface area contributed by atoms with Crippen LogP contribution in [0.2, 0.25) is 5.02 Å². The predicted octanol–water partition coefficient (Wildman–Crippen LogP) is 7.67. The van der Waals surface area contributed by atoms with Crippen LogP contribution in [0, 0.1) is 5.82 Å². The van der Waals surface area contributed by atoms with Gasteiger partial charge in [-0.3, -0.25) is 4.79 Å². The summed E-state index contributed by atoms with van der Waals surface area (Å²) in [6.45, 7) is 1.72. The zero-order valence-corrected chi connectivity index (χ0v) is 20.6. The Hall–Kier alpha value is -4.11. The fourth-order valence-corrected chi connectivity index (χ4v) is 4.40. The number of carbonyl (C=O) groups excluding carboxylic acids is 1. The van der Waals surface area contributed by atoms with Crippen LogP contribution in [0.5, 0.6) is 0 Å². The molecule has 0 spiro atoms. The number of ketones is 1. The number of carbonyl (C=O) groups is 1. The zero-order chi connectivity index (χ0) is 27.0. The van der Waals surface area contributed by atoms with Crippen molar-refractivity contribution >= 4 is 28.3 Å². The maximum atomic E-state index is 13.6. The highest BCUT2D eigenvalue weighted by atomic mass is 35.5. The number of alkyl halides is 3. The molecular weight excluding hydrogens is 520 g/mol. The molecule has 0 unspecified atom stereocenters. The molecule has 0 radical (unpaired) electrons. The van der Waals surface area contributed by atoms with E-state index in [-0.39, 0.29) is 12.2 Å². The molecule has 0 aliphatic carbocycles. The van der Waals surface area contributed by atoms with Crippen LogP contribution in [-0.2, 0) is 6.18 Å². The maximum absolute atomic E-state index is 13.6. The number of rotatable bonds is 6. The molecule has 0 bridgehead atoms. The molecule has 0 aliphatic heterocycles. The van der Waals surface area contributed by atoms with Gasteiger partial charge in [-0.25, -0.2) is 19.0 Å². The van der Waals surface area contributed by atoms with E-state index in [9.17, 15) is 22.4 Å². The molecule has 0 saturated heterocycles. The molecule has 10 heteroatoms. The van der Waals surface area contributed by atoms with E-state index in [4.69, 9.17) is 16.7 Å². The van der Waals surface area contributed by atoms with Crippen LogP contribution in [0.25, 0.3) is 27.8 Å². The molecule has 0 amide bonds. The fourth-order valence-electron chi connectivity index (χ4n) is 4.17. The molecule has 0 aliphatic rings. The molecule has 0 saturated carbocycles. The number of hydrogen-bond acceptors (Lipinski definition) is 4. The minimum Gasteiger partial charge on any atom is -0.294 e. The third kappa shape index (κ3) is 5.02. The summed E-state index contributed by atoms with van der Waals surface area (Å²) in [5.41, 5.74) is 3.33. The van der Waals surface area contributed by atoms with Crippen molar-refractivity contribution in [2.75, 3.05) is 0 Å². The van der Waals surface area contributed by atoms with E-state index < -0.39 is 23.7 Å². The summed E-state index contributed by atoms with van der Waals surface area (Å²) in [5, 5.41) is 5.99. The number of Topliss-reactive ketones (excluding diaryl/α,β-unsaturated/α-hetero) is 1. The molecule has 5 rings (SSSR count). The fraction of sp³-hybridized carbons (Fsp3) is 0.143. The minimum atomic E-state index is -4.64. The molecule has 5 aromatic rings. The molecule has 3 aromatic carbocycles. The summed E-state index contributed by atoms with van der Waals surface area (Å²) >= 11 is 6.44. The van der Waals surface area contributed by atoms with Gasteiger partial charge in [0.1, 0.15) is 11.5 Å². The first kappa shape index (κ1) is 25.5. The van der Waals surface area contributed by atoms with Gasteiger partial charge in [0.2, 0.25) is 5.82 Å². The number of nitrogens with zero attached hydrogens (tertiary/aromatic N) is 4. The maximum Gasteiger partial charge on any atom is 0.451 e. The van der Waals surface area contributed by atoms with Crippen molar-refractivity contribution in [2.45, 2.75) is 25.4 Å². The van der Waals surface area contributed by atoms with Crippen LogP contribution in [0.4, 0.5) is 17.6 Å². The lowest BCUT2D eigenvalue weighted by Gasteiger charge is -2.12. The second-order valence-corrected chi connectivity index (χ2v) is 9.22. The first-order valence-corrected chi connectivity index (χ1v) is 12.0. The molecule has 192 valence electrons. The predicted molar refractivity (Wildman–Crippen MR) is 136 cm³/mol. The molecular formula is C28H19ClF4N4O. The Labute approximate surface area is 219 Å². The Morgan fingerprint density at radius 3 is 2.34 bits per heavy atom. The number of halogens is 5. The summed E-state index contributed by atoms with van der Waals surface area (Å²) in [6.07, 6.45) is -2.42. The Morgan fingerprint density at radius 1 is 1.00 bits per heavy atom. The lowest BCUT2D eigenvalue weighted by Crippen LogP contribution is -2.12. The van der Waals surface area contributed by atoms with Gasteiger partial charge in [0, 0.05) is 35.3 Å². The monoisotopic (exact) mass is 538 g/mol. The smallest absolute Gasteiger partial charge is 0.294 e. The molecule has 0 N–H and O–H groups in total. The highest BCUT2D eigenvalue weighted by Crippen LogP contribution is 2.35. The summed E-state index contributed by atoms with van der Waals surface area (Å²) in [7, 11) is 0. The van der Waals surface area contributed by atoms with Crippen molar-refractivity contribution < 1.29 is 22.4 Å². The quantitative estimate of drug-likeness (QED) is 0.164. The van der Waals surface area contributed by atoms with Crippen LogP contribution < -0.4 is 0 Å². The van der Waals surface area contributed by atoms with Crippen molar-refractivity contribution in [1.29, 1.82) is 0 Å². The second-order valence-electron chi connectivity index (χ2n) is 8.81. The van der Waals surface area contributed by atoms with Gasteiger partial charge >= 0.3 is 6.18 Å². The van der Waals surface area contributed by atoms with Gasteiger partial charge < -0.3 is 0 Å². The number of aromatic nitrogens is 4. The van der Waals surface area contributed by atoms with Gasteiger partial charge in [0.25, 0.3) is 0 Å². The molecule has 1 atom stereocenters. The zero-order valence-electron chi connectivity index (χ0n) is 19.9. The van der Waals surface area contributed by atoms with Crippen molar-refractivity contribution in [1.82, 2.24) is 19.7 Å². The normalized spacial score (nSPS) is 12.6. The molecule has 2 heterocycles. The molecule has 38 heavy (non-hydrogen) atoms. The van der Waals surface area contributed by atoms with E-state index in [1.165, 1.54) is 12.1 Å². The van der Waals surface area contributed by atoms with Crippen molar-refractivity contribution in [2.24, 2.45) is 0 Å². The minimum absolute atomic E-state index is 0.0300. The van der Waals surface area contributed by atoms with Gasteiger partial charge in [-0.1, -0.05) is 42.8 Å². The first-order valence-electron chi connectivity index (χ1n) is 11.6. The molecule has 0 fully saturated rings. The van der Waals surface area contributed by atoms with Gasteiger partial charge in [-0.15, -0.1) is 0 Å². The van der Waals surface area contributed by atoms with Gasteiger partial charge in [0.05, 0.1) is 16.2 Å². The second kappa shape index (κ2) is 9.98. The van der Waals surface area contributed by atoms with E-state index in [1.54, 1.807) is 48.0 Å².